The molecule has 0 fully saturated rings. The molecule has 4 atom stereocenters. The summed E-state index contributed by atoms with van der Waals surface area (Å²) in [5.41, 5.74) is 4.44. The Balaban J connectivity index is 1.39. The summed E-state index contributed by atoms with van der Waals surface area (Å²) in [5, 5.41) is 14.5. The molecule has 0 radical (unpaired) electrons. The Hall–Kier alpha value is -3.65. The second-order valence-electron chi connectivity index (χ2n) is 8.57. The number of aliphatic carboxylic acids is 1. The average molecular weight is 465 g/mol. The highest BCUT2D eigenvalue weighted by atomic mass is 16.5. The van der Waals surface area contributed by atoms with E-state index in [2.05, 4.69) is 22.8 Å². The van der Waals surface area contributed by atoms with Crippen molar-refractivity contribution in [2.45, 2.75) is 37.5 Å². The maximum atomic E-state index is 12.9. The first-order valence-electron chi connectivity index (χ1n) is 11.2. The quantitative estimate of drug-likeness (QED) is 0.518. The lowest BCUT2D eigenvalue weighted by atomic mass is 9.98. The van der Waals surface area contributed by atoms with Crippen LogP contribution >= 0.6 is 0 Å². The Bertz CT molecular complexity index is 1070. The number of amides is 2. The largest absolute Gasteiger partial charge is 0.481 e. The maximum absolute atomic E-state index is 12.9. The predicted octanol–water partition coefficient (Wildman–Crippen LogP) is 3.07. The van der Waals surface area contributed by atoms with Gasteiger partial charge in [0, 0.05) is 19.1 Å². The van der Waals surface area contributed by atoms with Gasteiger partial charge in [0.1, 0.15) is 12.6 Å². The Labute approximate surface area is 198 Å². The van der Waals surface area contributed by atoms with Crippen LogP contribution in [0.25, 0.3) is 11.1 Å². The molecule has 34 heavy (non-hydrogen) atoms. The standard InChI is InChI=1S/C26H28N2O6/c1-15(33-2)23(24(29)27-17-12-11-16(13-17)25(30)31)28-26(32)34-14-22-20-9-5-3-7-18(20)19-8-4-6-10-21(19)22/h3-12,15-17,22-23H,13-14H2,1-2H3,(H,27,29)(H,28,32)(H,30,31)/t15-,16?,17?,23+/m1/s1. The lowest BCUT2D eigenvalue weighted by Crippen LogP contribution is -2.54. The minimum absolute atomic E-state index is 0.0955. The molecule has 2 aromatic carbocycles. The van der Waals surface area contributed by atoms with Gasteiger partial charge in [-0.2, -0.15) is 0 Å². The molecule has 0 saturated heterocycles. The number of nitrogens with one attached hydrogen (secondary N) is 2. The lowest BCUT2D eigenvalue weighted by Gasteiger charge is -2.25. The van der Waals surface area contributed by atoms with Gasteiger partial charge in [0.25, 0.3) is 0 Å². The van der Waals surface area contributed by atoms with Gasteiger partial charge >= 0.3 is 12.1 Å². The van der Waals surface area contributed by atoms with Crippen LogP contribution < -0.4 is 10.6 Å². The first kappa shape index (κ1) is 23.5. The smallest absolute Gasteiger partial charge is 0.407 e. The summed E-state index contributed by atoms with van der Waals surface area (Å²) in [6.45, 7) is 1.79. The van der Waals surface area contributed by atoms with Crippen molar-refractivity contribution in [1.82, 2.24) is 10.6 Å². The minimum Gasteiger partial charge on any atom is -0.481 e. The molecule has 2 aliphatic rings. The van der Waals surface area contributed by atoms with Crippen LogP contribution in [0.2, 0.25) is 0 Å². The molecule has 8 nitrogen and oxygen atoms in total. The Kier molecular flexibility index (Phi) is 6.98. The molecule has 0 saturated carbocycles. The second-order valence-corrected chi connectivity index (χ2v) is 8.57. The van der Waals surface area contributed by atoms with Gasteiger partial charge in [0.05, 0.1) is 12.0 Å². The summed E-state index contributed by atoms with van der Waals surface area (Å²) in [7, 11) is 1.44. The van der Waals surface area contributed by atoms with Crippen molar-refractivity contribution >= 4 is 18.0 Å². The predicted molar refractivity (Wildman–Crippen MR) is 125 cm³/mol. The Morgan fingerprint density at radius 2 is 1.65 bits per heavy atom. The number of carboxylic acids is 1. The van der Waals surface area contributed by atoms with E-state index < -0.39 is 42.1 Å². The van der Waals surface area contributed by atoms with Gasteiger partial charge in [-0.3, -0.25) is 9.59 Å². The Morgan fingerprint density at radius 1 is 1.03 bits per heavy atom. The number of fused-ring (bicyclic) bond motifs is 3. The summed E-state index contributed by atoms with van der Waals surface area (Å²) >= 11 is 0. The van der Waals surface area contributed by atoms with E-state index in [-0.39, 0.29) is 18.9 Å². The number of ether oxygens (including phenoxy) is 2. The molecule has 0 heterocycles. The SMILES string of the molecule is CO[C@H](C)[C@H](NC(=O)OCC1c2ccccc2-c2ccccc21)C(=O)NC1C=CC(C(=O)O)C1. The van der Waals surface area contributed by atoms with Crippen molar-refractivity contribution in [1.29, 1.82) is 0 Å². The topological polar surface area (TPSA) is 114 Å². The molecule has 3 N–H and O–H groups in total. The average Bonchev–Trinajstić information content (AvgIpc) is 3.43. The third-order valence-electron chi connectivity index (χ3n) is 6.47. The molecule has 0 aliphatic heterocycles. The number of rotatable bonds is 8. The minimum atomic E-state index is -1.00. The van der Waals surface area contributed by atoms with Gasteiger partial charge in [-0.1, -0.05) is 60.7 Å². The van der Waals surface area contributed by atoms with Crippen LogP contribution in [0.3, 0.4) is 0 Å². The number of carbonyl (C=O) groups excluding carboxylic acids is 2. The zero-order valence-electron chi connectivity index (χ0n) is 19.1. The van der Waals surface area contributed by atoms with Crippen LogP contribution in [0.4, 0.5) is 4.79 Å². The van der Waals surface area contributed by atoms with Gasteiger partial charge in [0.15, 0.2) is 0 Å². The fourth-order valence-electron chi connectivity index (χ4n) is 4.56. The van der Waals surface area contributed by atoms with E-state index in [4.69, 9.17) is 14.6 Å². The molecule has 0 aromatic heterocycles. The third kappa shape index (κ3) is 4.82. The number of carboxylic acid groups (broad SMARTS) is 1. The molecule has 0 bridgehead atoms. The highest BCUT2D eigenvalue weighted by molar-refractivity contribution is 5.87. The molecule has 2 aromatic rings. The van der Waals surface area contributed by atoms with Crippen molar-refractivity contribution < 1.29 is 29.0 Å². The number of methoxy groups -OCH3 is 1. The molecule has 0 spiro atoms. The first-order chi connectivity index (χ1) is 16.4. The highest BCUT2D eigenvalue weighted by Gasteiger charge is 2.33. The summed E-state index contributed by atoms with van der Waals surface area (Å²) in [6, 6.07) is 14.6. The fourth-order valence-corrected chi connectivity index (χ4v) is 4.56. The molecular weight excluding hydrogens is 436 g/mol. The number of hydrogen-bond donors (Lipinski definition) is 3. The summed E-state index contributed by atoms with van der Waals surface area (Å²) in [6.07, 6.45) is 2.12. The molecule has 2 aliphatic carbocycles. The molecule has 178 valence electrons. The van der Waals surface area contributed by atoms with Gasteiger partial charge < -0.3 is 25.2 Å². The van der Waals surface area contributed by atoms with E-state index in [1.165, 1.54) is 7.11 Å². The van der Waals surface area contributed by atoms with Crippen molar-refractivity contribution in [3.63, 3.8) is 0 Å². The second kappa shape index (κ2) is 10.1. The van der Waals surface area contributed by atoms with E-state index in [1.54, 1.807) is 19.1 Å². The van der Waals surface area contributed by atoms with E-state index in [0.29, 0.717) is 0 Å². The molecule has 2 amide bonds. The fraction of sp³-hybridized carbons (Fsp3) is 0.346. The van der Waals surface area contributed by atoms with E-state index in [1.807, 2.05) is 36.4 Å². The van der Waals surface area contributed by atoms with Gasteiger partial charge in [-0.15, -0.1) is 0 Å². The third-order valence-corrected chi connectivity index (χ3v) is 6.47. The number of hydrogen-bond acceptors (Lipinski definition) is 5. The van der Waals surface area contributed by atoms with E-state index >= 15 is 0 Å². The molecular formula is C26H28N2O6. The molecule has 8 heteroatoms. The van der Waals surface area contributed by atoms with Crippen LogP contribution in [0.1, 0.15) is 30.4 Å². The molecule has 4 rings (SSSR count). The van der Waals surface area contributed by atoms with Crippen LogP contribution in [0.15, 0.2) is 60.7 Å². The number of carbonyl (C=O) groups is 3. The number of alkyl carbamates (subject to hydrolysis) is 1. The summed E-state index contributed by atoms with van der Waals surface area (Å²) in [5.74, 6) is -2.14. The van der Waals surface area contributed by atoms with Gasteiger partial charge in [0.2, 0.25) is 5.91 Å². The van der Waals surface area contributed by atoms with Crippen molar-refractivity contribution in [3.05, 3.63) is 71.8 Å². The van der Waals surface area contributed by atoms with Crippen molar-refractivity contribution in [2.75, 3.05) is 13.7 Å². The van der Waals surface area contributed by atoms with Crippen molar-refractivity contribution in [2.24, 2.45) is 5.92 Å². The van der Waals surface area contributed by atoms with Crippen molar-refractivity contribution in [3.8, 4) is 11.1 Å². The highest BCUT2D eigenvalue weighted by Crippen LogP contribution is 2.44. The van der Waals surface area contributed by atoms with E-state index in [0.717, 1.165) is 22.3 Å². The number of benzene rings is 2. The molecule has 2 unspecified atom stereocenters. The monoisotopic (exact) mass is 464 g/mol. The first-order valence-corrected chi connectivity index (χ1v) is 11.2. The zero-order valence-corrected chi connectivity index (χ0v) is 19.1. The van der Waals surface area contributed by atoms with Crippen LogP contribution in [-0.2, 0) is 19.1 Å². The Morgan fingerprint density at radius 3 is 2.21 bits per heavy atom. The summed E-state index contributed by atoms with van der Waals surface area (Å²) in [4.78, 5) is 36.7. The normalized spacial score (nSPS) is 20.2. The van der Waals surface area contributed by atoms with Gasteiger partial charge in [-0.25, -0.2) is 4.79 Å². The maximum Gasteiger partial charge on any atom is 0.407 e. The van der Waals surface area contributed by atoms with Gasteiger partial charge in [-0.05, 0) is 35.6 Å². The van der Waals surface area contributed by atoms with Crippen LogP contribution in [-0.4, -0.2) is 55.0 Å². The van der Waals surface area contributed by atoms with Crippen LogP contribution in [0.5, 0.6) is 0 Å². The lowest BCUT2D eigenvalue weighted by molar-refractivity contribution is -0.140. The summed E-state index contributed by atoms with van der Waals surface area (Å²) < 4.78 is 10.8. The van der Waals surface area contributed by atoms with Crippen LogP contribution in [0, 0.1) is 5.92 Å². The zero-order chi connectivity index (χ0) is 24.2. The van der Waals surface area contributed by atoms with E-state index in [9.17, 15) is 14.4 Å².